The van der Waals surface area contributed by atoms with Gasteiger partial charge in [-0.1, -0.05) is 33.1 Å². The van der Waals surface area contributed by atoms with Gasteiger partial charge in [0.15, 0.2) is 5.76 Å². The molecule has 1 saturated heterocycles. The number of carbonyl (C=O) groups excluding carboxylic acids is 1. The molecule has 2 aliphatic rings. The molecule has 0 radical (unpaired) electrons. The van der Waals surface area contributed by atoms with Gasteiger partial charge in [0.1, 0.15) is 0 Å². The van der Waals surface area contributed by atoms with Gasteiger partial charge in [0.2, 0.25) is 6.29 Å². The Morgan fingerprint density at radius 1 is 1.24 bits per heavy atom. The number of ether oxygens (including phenoxy) is 2. The van der Waals surface area contributed by atoms with E-state index >= 15 is 0 Å². The number of hydrogen-bond donors (Lipinski definition) is 1. The second-order valence-electron chi connectivity index (χ2n) is 7.58. The normalized spacial score (nSPS) is 25.1. The van der Waals surface area contributed by atoms with E-state index in [9.17, 15) is 4.79 Å². The van der Waals surface area contributed by atoms with E-state index in [-0.39, 0.29) is 18.8 Å². The lowest BCUT2D eigenvalue weighted by Crippen LogP contribution is -2.39. The summed E-state index contributed by atoms with van der Waals surface area (Å²) in [6, 6.07) is 0. The van der Waals surface area contributed by atoms with E-state index in [1.807, 2.05) is 11.0 Å². The van der Waals surface area contributed by atoms with Crippen LogP contribution in [0.2, 0.25) is 0 Å². The monoisotopic (exact) mass is 353 g/mol. The van der Waals surface area contributed by atoms with Crippen LogP contribution in [0.5, 0.6) is 0 Å². The van der Waals surface area contributed by atoms with E-state index < -0.39 is 0 Å². The SMILES string of the molecule is CC(C)[C@H]1C=C(C(=O)N2CCCCCCC2)O[C@@H](OCCCCO)C1. The molecule has 0 aromatic rings. The number of rotatable bonds is 7. The van der Waals surface area contributed by atoms with Gasteiger partial charge in [-0.3, -0.25) is 4.79 Å². The molecular weight excluding hydrogens is 318 g/mol. The topological polar surface area (TPSA) is 59.0 Å². The lowest BCUT2D eigenvalue weighted by molar-refractivity contribution is -0.156. The van der Waals surface area contributed by atoms with Gasteiger partial charge >= 0.3 is 0 Å². The summed E-state index contributed by atoms with van der Waals surface area (Å²) in [5, 5.41) is 8.87. The zero-order valence-electron chi connectivity index (χ0n) is 15.9. The van der Waals surface area contributed by atoms with Crippen LogP contribution in [0.25, 0.3) is 0 Å². The first-order valence-electron chi connectivity index (χ1n) is 10.0. The lowest BCUT2D eigenvalue weighted by Gasteiger charge is -2.33. The van der Waals surface area contributed by atoms with Crippen molar-refractivity contribution in [2.75, 3.05) is 26.3 Å². The van der Waals surface area contributed by atoms with Crippen molar-refractivity contribution in [2.24, 2.45) is 11.8 Å². The summed E-state index contributed by atoms with van der Waals surface area (Å²) in [5.41, 5.74) is 0. The van der Waals surface area contributed by atoms with Gasteiger partial charge in [-0.2, -0.15) is 0 Å². The number of aliphatic hydroxyl groups excluding tert-OH is 1. The molecule has 144 valence electrons. The highest BCUT2D eigenvalue weighted by Crippen LogP contribution is 2.30. The largest absolute Gasteiger partial charge is 0.459 e. The molecule has 2 aliphatic heterocycles. The van der Waals surface area contributed by atoms with E-state index in [4.69, 9.17) is 14.6 Å². The van der Waals surface area contributed by atoms with Crippen molar-refractivity contribution in [1.82, 2.24) is 4.90 Å². The predicted octanol–water partition coefficient (Wildman–Crippen LogP) is 3.47. The molecule has 25 heavy (non-hydrogen) atoms. The van der Waals surface area contributed by atoms with Crippen molar-refractivity contribution >= 4 is 5.91 Å². The minimum Gasteiger partial charge on any atom is -0.459 e. The van der Waals surface area contributed by atoms with Crippen LogP contribution in [0.15, 0.2) is 11.8 Å². The smallest absolute Gasteiger partial charge is 0.288 e. The molecule has 0 saturated carbocycles. The fraction of sp³-hybridized carbons (Fsp3) is 0.850. The highest BCUT2D eigenvalue weighted by Gasteiger charge is 2.31. The number of carbonyl (C=O) groups is 1. The molecule has 1 amide bonds. The molecule has 2 rings (SSSR count). The molecule has 0 aliphatic carbocycles. The lowest BCUT2D eigenvalue weighted by atomic mass is 9.90. The number of allylic oxidation sites excluding steroid dienone is 1. The van der Waals surface area contributed by atoms with Gasteiger partial charge in [-0.05, 0) is 43.6 Å². The van der Waals surface area contributed by atoms with Crippen LogP contribution < -0.4 is 0 Å². The highest BCUT2D eigenvalue weighted by molar-refractivity contribution is 5.91. The molecule has 0 bridgehead atoms. The van der Waals surface area contributed by atoms with Gasteiger partial charge in [0.05, 0.1) is 6.61 Å². The third-order valence-electron chi connectivity index (χ3n) is 5.16. The Labute approximate surface area is 152 Å². The second kappa shape index (κ2) is 10.8. The van der Waals surface area contributed by atoms with E-state index in [0.717, 1.165) is 45.2 Å². The van der Waals surface area contributed by atoms with Gasteiger partial charge in [-0.15, -0.1) is 0 Å². The van der Waals surface area contributed by atoms with Crippen molar-refractivity contribution in [3.8, 4) is 0 Å². The summed E-state index contributed by atoms with van der Waals surface area (Å²) in [6.45, 7) is 6.74. The molecular formula is C20H35NO4. The Kier molecular flexibility index (Phi) is 8.76. The van der Waals surface area contributed by atoms with Crippen molar-refractivity contribution < 1.29 is 19.4 Å². The van der Waals surface area contributed by atoms with Gasteiger partial charge in [0, 0.05) is 26.1 Å². The number of hydrogen-bond acceptors (Lipinski definition) is 4. The standard InChI is InChI=1S/C20H35NO4/c1-16(2)17-14-18(25-19(15-17)24-13-9-8-12-22)20(23)21-10-6-4-3-5-7-11-21/h14,16-17,19,22H,3-13,15H2,1-2H3/t17-,19+/m0/s1. The van der Waals surface area contributed by atoms with Crippen LogP contribution in [0.4, 0.5) is 0 Å². The number of amides is 1. The maximum absolute atomic E-state index is 13.0. The molecule has 2 atom stereocenters. The summed E-state index contributed by atoms with van der Waals surface area (Å²) >= 11 is 0. The average molecular weight is 354 g/mol. The summed E-state index contributed by atoms with van der Waals surface area (Å²) in [4.78, 5) is 14.9. The van der Waals surface area contributed by atoms with Crippen molar-refractivity contribution in [1.29, 1.82) is 0 Å². The Morgan fingerprint density at radius 2 is 1.92 bits per heavy atom. The molecule has 0 aromatic carbocycles. The molecule has 0 spiro atoms. The summed E-state index contributed by atoms with van der Waals surface area (Å²) < 4.78 is 11.8. The van der Waals surface area contributed by atoms with E-state index in [1.165, 1.54) is 19.3 Å². The van der Waals surface area contributed by atoms with Crippen LogP contribution in [0, 0.1) is 11.8 Å². The number of nitrogens with zero attached hydrogens (tertiary/aromatic N) is 1. The van der Waals surface area contributed by atoms with E-state index in [2.05, 4.69) is 13.8 Å². The van der Waals surface area contributed by atoms with Crippen molar-refractivity contribution in [2.45, 2.75) is 71.5 Å². The van der Waals surface area contributed by atoms with Crippen molar-refractivity contribution in [3.63, 3.8) is 0 Å². The summed E-state index contributed by atoms with van der Waals surface area (Å²) in [5.74, 6) is 1.24. The second-order valence-corrected chi connectivity index (χ2v) is 7.58. The zero-order valence-corrected chi connectivity index (χ0v) is 15.9. The minimum atomic E-state index is -0.357. The fourth-order valence-corrected chi connectivity index (χ4v) is 3.44. The molecule has 5 nitrogen and oxygen atoms in total. The Balaban J connectivity index is 1.98. The quantitative estimate of drug-likeness (QED) is 0.712. The Bertz CT molecular complexity index is 427. The van der Waals surface area contributed by atoms with Crippen molar-refractivity contribution in [3.05, 3.63) is 11.8 Å². The molecule has 1 fully saturated rings. The first kappa shape index (κ1) is 20.2. The zero-order chi connectivity index (χ0) is 18.1. The summed E-state index contributed by atoms with van der Waals surface area (Å²) in [6.07, 6.45) is 9.82. The fourth-order valence-electron chi connectivity index (χ4n) is 3.44. The third-order valence-corrected chi connectivity index (χ3v) is 5.16. The third kappa shape index (κ3) is 6.63. The average Bonchev–Trinajstić information content (AvgIpc) is 2.57. The Hall–Kier alpha value is -1.07. The highest BCUT2D eigenvalue weighted by atomic mass is 16.7. The maximum Gasteiger partial charge on any atom is 0.288 e. The molecule has 5 heteroatoms. The first-order valence-corrected chi connectivity index (χ1v) is 10.0. The number of unbranched alkanes of at least 4 members (excludes halogenated alkanes) is 1. The number of likely N-dealkylation sites (tertiary alicyclic amines) is 1. The minimum absolute atomic E-state index is 0.0243. The van der Waals surface area contributed by atoms with Crippen LogP contribution in [0.1, 0.15) is 65.2 Å². The predicted molar refractivity (Wildman–Crippen MR) is 97.8 cm³/mol. The van der Waals surface area contributed by atoms with E-state index in [1.54, 1.807) is 0 Å². The van der Waals surface area contributed by atoms with Gasteiger partial charge in [-0.25, -0.2) is 0 Å². The van der Waals surface area contributed by atoms with Crippen LogP contribution in [-0.4, -0.2) is 48.5 Å². The van der Waals surface area contributed by atoms with E-state index in [0.29, 0.717) is 24.2 Å². The molecule has 2 heterocycles. The first-order chi connectivity index (χ1) is 12.1. The maximum atomic E-state index is 13.0. The van der Waals surface area contributed by atoms with Crippen LogP contribution in [0.3, 0.4) is 0 Å². The molecule has 0 unspecified atom stereocenters. The van der Waals surface area contributed by atoms with Gasteiger partial charge in [0.25, 0.3) is 5.91 Å². The van der Waals surface area contributed by atoms with Crippen LogP contribution in [-0.2, 0) is 14.3 Å². The Morgan fingerprint density at radius 3 is 2.56 bits per heavy atom. The van der Waals surface area contributed by atoms with Gasteiger partial charge < -0.3 is 19.5 Å². The number of aliphatic hydroxyl groups is 1. The van der Waals surface area contributed by atoms with Crippen LogP contribution >= 0.6 is 0 Å². The summed E-state index contributed by atoms with van der Waals surface area (Å²) in [7, 11) is 0. The molecule has 1 N–H and O–H groups in total. The molecule has 0 aromatic heterocycles.